The molecule has 0 radical (unpaired) electrons. The second-order valence-corrected chi connectivity index (χ2v) is 4.51. The summed E-state index contributed by atoms with van der Waals surface area (Å²) in [5.74, 6) is 0.628. The lowest BCUT2D eigenvalue weighted by atomic mass is 10.2. The summed E-state index contributed by atoms with van der Waals surface area (Å²) in [4.78, 5) is 12.0. The van der Waals surface area contributed by atoms with Crippen molar-refractivity contribution in [3.63, 3.8) is 0 Å². The molecule has 3 heteroatoms. The zero-order chi connectivity index (χ0) is 13.7. The summed E-state index contributed by atoms with van der Waals surface area (Å²) in [6, 6.07) is 16.5. The first-order valence-corrected chi connectivity index (χ1v) is 6.28. The first-order chi connectivity index (χ1) is 9.15. The van der Waals surface area contributed by atoms with E-state index in [1.54, 1.807) is 12.1 Å². The molecule has 0 aliphatic carbocycles. The van der Waals surface area contributed by atoms with E-state index in [0.29, 0.717) is 5.56 Å². The molecule has 1 N–H and O–H groups in total. The van der Waals surface area contributed by atoms with E-state index >= 15 is 0 Å². The second kappa shape index (κ2) is 6.05. The minimum Gasteiger partial charge on any atom is -0.491 e. The third-order valence-corrected chi connectivity index (χ3v) is 2.50. The SMILES string of the molecule is CC(C)Oc1cccc(NC(=O)c2ccccc2)c1. The summed E-state index contributed by atoms with van der Waals surface area (Å²) in [5, 5.41) is 2.85. The van der Waals surface area contributed by atoms with Gasteiger partial charge in [-0.3, -0.25) is 4.79 Å². The Morgan fingerprint density at radius 2 is 1.79 bits per heavy atom. The zero-order valence-corrected chi connectivity index (χ0v) is 11.1. The number of benzene rings is 2. The molecular weight excluding hydrogens is 238 g/mol. The van der Waals surface area contributed by atoms with Crippen LogP contribution in [-0.2, 0) is 0 Å². The summed E-state index contributed by atoms with van der Waals surface area (Å²) >= 11 is 0. The maximum absolute atomic E-state index is 12.0. The maximum Gasteiger partial charge on any atom is 0.255 e. The van der Waals surface area contributed by atoms with E-state index in [4.69, 9.17) is 4.74 Å². The Morgan fingerprint density at radius 1 is 1.05 bits per heavy atom. The number of hydrogen-bond donors (Lipinski definition) is 1. The quantitative estimate of drug-likeness (QED) is 0.904. The van der Waals surface area contributed by atoms with Gasteiger partial charge in [-0.05, 0) is 38.1 Å². The number of anilines is 1. The van der Waals surface area contributed by atoms with Gasteiger partial charge in [0.2, 0.25) is 0 Å². The first-order valence-electron chi connectivity index (χ1n) is 6.28. The Balaban J connectivity index is 2.09. The predicted octanol–water partition coefficient (Wildman–Crippen LogP) is 3.73. The molecule has 0 saturated carbocycles. The van der Waals surface area contributed by atoms with Crippen LogP contribution in [0.2, 0.25) is 0 Å². The van der Waals surface area contributed by atoms with Gasteiger partial charge in [-0.15, -0.1) is 0 Å². The minimum atomic E-state index is -0.123. The van der Waals surface area contributed by atoms with Gasteiger partial charge >= 0.3 is 0 Å². The molecule has 0 atom stereocenters. The fourth-order valence-electron chi connectivity index (χ4n) is 1.71. The van der Waals surface area contributed by atoms with E-state index in [9.17, 15) is 4.79 Å². The molecule has 0 saturated heterocycles. The molecule has 3 nitrogen and oxygen atoms in total. The molecule has 0 heterocycles. The summed E-state index contributed by atoms with van der Waals surface area (Å²) in [6.07, 6.45) is 0.111. The Morgan fingerprint density at radius 3 is 2.47 bits per heavy atom. The number of carbonyl (C=O) groups is 1. The molecule has 1 amide bonds. The lowest BCUT2D eigenvalue weighted by Gasteiger charge is -2.11. The highest BCUT2D eigenvalue weighted by Crippen LogP contribution is 2.19. The van der Waals surface area contributed by atoms with Crippen molar-refractivity contribution in [2.24, 2.45) is 0 Å². The predicted molar refractivity (Wildman–Crippen MR) is 76.6 cm³/mol. The van der Waals surface area contributed by atoms with E-state index in [1.807, 2.05) is 56.3 Å². The number of rotatable bonds is 4. The van der Waals surface area contributed by atoms with E-state index in [1.165, 1.54) is 0 Å². The van der Waals surface area contributed by atoms with Crippen molar-refractivity contribution in [2.75, 3.05) is 5.32 Å². The molecule has 0 fully saturated rings. The van der Waals surface area contributed by atoms with Crippen LogP contribution in [0.5, 0.6) is 5.75 Å². The molecular formula is C16H17NO2. The normalized spacial score (nSPS) is 10.3. The molecule has 2 aromatic rings. The maximum atomic E-state index is 12.0. The summed E-state index contributed by atoms with van der Waals surface area (Å²) in [5.41, 5.74) is 1.37. The van der Waals surface area contributed by atoms with Crippen LogP contribution in [0.25, 0.3) is 0 Å². The topological polar surface area (TPSA) is 38.3 Å². The molecule has 0 aliphatic rings. The fraction of sp³-hybridized carbons (Fsp3) is 0.188. The highest BCUT2D eigenvalue weighted by Gasteiger charge is 2.06. The van der Waals surface area contributed by atoms with E-state index in [-0.39, 0.29) is 12.0 Å². The number of nitrogens with one attached hydrogen (secondary N) is 1. The second-order valence-electron chi connectivity index (χ2n) is 4.51. The van der Waals surface area contributed by atoms with Crippen molar-refractivity contribution in [2.45, 2.75) is 20.0 Å². The number of ether oxygens (including phenoxy) is 1. The van der Waals surface area contributed by atoms with Gasteiger partial charge < -0.3 is 10.1 Å². The lowest BCUT2D eigenvalue weighted by molar-refractivity contribution is 0.102. The summed E-state index contributed by atoms with van der Waals surface area (Å²) in [6.45, 7) is 3.93. The van der Waals surface area contributed by atoms with Crippen LogP contribution in [0.3, 0.4) is 0 Å². The molecule has 2 aromatic carbocycles. The molecule has 0 aliphatic heterocycles. The van der Waals surface area contributed by atoms with Crippen LogP contribution in [0, 0.1) is 0 Å². The zero-order valence-electron chi connectivity index (χ0n) is 11.1. The van der Waals surface area contributed by atoms with Gasteiger partial charge in [-0.2, -0.15) is 0 Å². The van der Waals surface area contributed by atoms with Crippen LogP contribution in [0.4, 0.5) is 5.69 Å². The van der Waals surface area contributed by atoms with Crippen molar-refractivity contribution < 1.29 is 9.53 Å². The standard InChI is InChI=1S/C16H17NO2/c1-12(2)19-15-10-6-9-14(11-15)17-16(18)13-7-4-3-5-8-13/h3-12H,1-2H3,(H,17,18). The van der Waals surface area contributed by atoms with Gasteiger partial charge in [-0.25, -0.2) is 0 Å². The molecule has 0 bridgehead atoms. The smallest absolute Gasteiger partial charge is 0.255 e. The molecule has 0 spiro atoms. The van der Waals surface area contributed by atoms with Crippen LogP contribution in [0.1, 0.15) is 24.2 Å². The molecule has 98 valence electrons. The molecule has 19 heavy (non-hydrogen) atoms. The van der Waals surface area contributed by atoms with E-state index in [0.717, 1.165) is 11.4 Å². The fourth-order valence-corrected chi connectivity index (χ4v) is 1.71. The highest BCUT2D eigenvalue weighted by atomic mass is 16.5. The van der Waals surface area contributed by atoms with Crippen molar-refractivity contribution in [1.29, 1.82) is 0 Å². The van der Waals surface area contributed by atoms with Crippen molar-refractivity contribution >= 4 is 11.6 Å². The Kier molecular flexibility index (Phi) is 4.18. The average Bonchev–Trinajstić information content (AvgIpc) is 2.39. The van der Waals surface area contributed by atoms with Crippen molar-refractivity contribution in [3.05, 3.63) is 60.2 Å². The van der Waals surface area contributed by atoms with Crippen molar-refractivity contribution in [1.82, 2.24) is 0 Å². The van der Waals surface area contributed by atoms with Gasteiger partial charge in [0.1, 0.15) is 5.75 Å². The number of amides is 1. The van der Waals surface area contributed by atoms with Gasteiger partial charge in [0, 0.05) is 17.3 Å². The Labute approximate surface area is 113 Å². The van der Waals surface area contributed by atoms with Crippen LogP contribution < -0.4 is 10.1 Å². The Bertz CT molecular complexity index is 550. The van der Waals surface area contributed by atoms with Crippen molar-refractivity contribution in [3.8, 4) is 5.75 Å². The minimum absolute atomic E-state index is 0.111. The number of carbonyl (C=O) groups excluding carboxylic acids is 1. The molecule has 2 rings (SSSR count). The van der Waals surface area contributed by atoms with Gasteiger partial charge in [0.05, 0.1) is 6.10 Å². The third-order valence-electron chi connectivity index (χ3n) is 2.50. The van der Waals surface area contributed by atoms with E-state index < -0.39 is 0 Å². The molecule has 0 aromatic heterocycles. The van der Waals surface area contributed by atoms with Crippen LogP contribution >= 0.6 is 0 Å². The summed E-state index contributed by atoms with van der Waals surface area (Å²) in [7, 11) is 0. The largest absolute Gasteiger partial charge is 0.491 e. The van der Waals surface area contributed by atoms with Crippen LogP contribution in [-0.4, -0.2) is 12.0 Å². The van der Waals surface area contributed by atoms with Gasteiger partial charge in [0.25, 0.3) is 5.91 Å². The molecule has 0 unspecified atom stereocenters. The monoisotopic (exact) mass is 255 g/mol. The lowest BCUT2D eigenvalue weighted by Crippen LogP contribution is -2.12. The van der Waals surface area contributed by atoms with Gasteiger partial charge in [-0.1, -0.05) is 24.3 Å². The number of hydrogen-bond acceptors (Lipinski definition) is 2. The van der Waals surface area contributed by atoms with Gasteiger partial charge in [0.15, 0.2) is 0 Å². The van der Waals surface area contributed by atoms with Crippen LogP contribution in [0.15, 0.2) is 54.6 Å². The van der Waals surface area contributed by atoms with E-state index in [2.05, 4.69) is 5.32 Å². The third kappa shape index (κ3) is 3.85. The summed E-state index contributed by atoms with van der Waals surface area (Å²) < 4.78 is 5.59. The first kappa shape index (κ1) is 13.1. The highest BCUT2D eigenvalue weighted by molar-refractivity contribution is 6.04. The average molecular weight is 255 g/mol. The Hall–Kier alpha value is -2.29.